The first-order chi connectivity index (χ1) is 17.7. The fourth-order valence-electron chi connectivity index (χ4n) is 5.73. The first-order valence-corrected chi connectivity index (χ1v) is 15.2. The van der Waals surface area contributed by atoms with Crippen LogP contribution in [0.15, 0.2) is 16.9 Å². The molecule has 1 aromatic carbocycles. The number of fused-ring (bicyclic) bond motifs is 1. The SMILES string of the molecule is C[C@H](Oc1cc(-n2nc3n(c2=O)CCCC3)c(F)cc1C(=O)NC1CCS(=O)(=O)CC1)C1CCCCC1. The predicted molar refractivity (Wildman–Crippen MR) is 137 cm³/mol. The number of aryl methyl sites for hydroxylation is 1. The summed E-state index contributed by atoms with van der Waals surface area (Å²) in [7, 11) is -3.08. The predicted octanol–water partition coefficient (Wildman–Crippen LogP) is 3.16. The number of aromatic nitrogens is 3. The number of nitrogens with one attached hydrogen (secondary N) is 1. The second-order valence-electron chi connectivity index (χ2n) is 10.6. The molecule has 0 spiro atoms. The maximum Gasteiger partial charge on any atom is 0.350 e. The lowest BCUT2D eigenvalue weighted by Gasteiger charge is -2.29. The van der Waals surface area contributed by atoms with Crippen LogP contribution in [-0.4, -0.2) is 52.3 Å². The number of halogens is 1. The quantitative estimate of drug-likeness (QED) is 0.609. The molecule has 2 aliphatic heterocycles. The second kappa shape index (κ2) is 10.6. The Hall–Kier alpha value is -2.69. The third kappa shape index (κ3) is 5.61. The van der Waals surface area contributed by atoms with Gasteiger partial charge in [0.05, 0.1) is 23.2 Å². The van der Waals surface area contributed by atoms with E-state index in [1.54, 1.807) is 4.57 Å². The number of carbonyl (C=O) groups is 1. The molecule has 0 radical (unpaired) electrons. The van der Waals surface area contributed by atoms with Crippen molar-refractivity contribution >= 4 is 15.7 Å². The van der Waals surface area contributed by atoms with E-state index < -0.39 is 27.3 Å². The van der Waals surface area contributed by atoms with Gasteiger partial charge in [0.15, 0.2) is 0 Å². The number of carbonyl (C=O) groups excluding carboxylic acids is 1. The zero-order chi connectivity index (χ0) is 26.2. The van der Waals surface area contributed by atoms with Crippen LogP contribution < -0.4 is 15.7 Å². The molecule has 1 aliphatic carbocycles. The van der Waals surface area contributed by atoms with Gasteiger partial charge in [0.25, 0.3) is 5.91 Å². The van der Waals surface area contributed by atoms with Crippen LogP contribution in [0.5, 0.6) is 5.75 Å². The molecule has 3 aliphatic rings. The minimum atomic E-state index is -3.08. The van der Waals surface area contributed by atoms with E-state index in [2.05, 4.69) is 10.4 Å². The number of rotatable bonds is 6. The molecular formula is C26H35FN4O5S. The van der Waals surface area contributed by atoms with Crippen LogP contribution in [0.3, 0.4) is 0 Å². The Morgan fingerprint density at radius 3 is 2.54 bits per heavy atom. The van der Waals surface area contributed by atoms with Gasteiger partial charge in [-0.25, -0.2) is 17.6 Å². The van der Waals surface area contributed by atoms with Gasteiger partial charge in [0, 0.05) is 25.1 Å². The van der Waals surface area contributed by atoms with E-state index in [-0.39, 0.29) is 40.7 Å². The van der Waals surface area contributed by atoms with Gasteiger partial charge in [-0.2, -0.15) is 4.68 Å². The van der Waals surface area contributed by atoms with Crippen LogP contribution in [0.2, 0.25) is 0 Å². The van der Waals surface area contributed by atoms with Crippen LogP contribution >= 0.6 is 0 Å². The van der Waals surface area contributed by atoms with Crippen molar-refractivity contribution in [3.63, 3.8) is 0 Å². The molecule has 1 N–H and O–H groups in total. The number of ether oxygens (including phenoxy) is 1. The number of nitrogens with zero attached hydrogens (tertiary/aromatic N) is 3. The summed E-state index contributed by atoms with van der Waals surface area (Å²) in [6.45, 7) is 2.52. The van der Waals surface area contributed by atoms with Gasteiger partial charge in [-0.15, -0.1) is 5.10 Å². The number of sulfone groups is 1. The Bertz CT molecular complexity index is 1320. The normalized spacial score (nSPS) is 21.2. The summed E-state index contributed by atoms with van der Waals surface area (Å²) in [6.07, 6.45) is 8.40. The molecule has 37 heavy (non-hydrogen) atoms. The zero-order valence-electron chi connectivity index (χ0n) is 21.2. The third-order valence-electron chi connectivity index (χ3n) is 8.01. The molecule has 202 valence electrons. The van der Waals surface area contributed by atoms with E-state index in [4.69, 9.17) is 4.74 Å². The molecule has 1 aromatic heterocycles. The Morgan fingerprint density at radius 1 is 1.11 bits per heavy atom. The first-order valence-electron chi connectivity index (χ1n) is 13.4. The monoisotopic (exact) mass is 534 g/mol. The minimum Gasteiger partial charge on any atom is -0.490 e. The smallest absolute Gasteiger partial charge is 0.350 e. The van der Waals surface area contributed by atoms with E-state index in [1.807, 2.05) is 6.92 Å². The van der Waals surface area contributed by atoms with Crippen LogP contribution in [0.25, 0.3) is 5.69 Å². The summed E-state index contributed by atoms with van der Waals surface area (Å²) in [6, 6.07) is 2.21. The van der Waals surface area contributed by atoms with Crippen molar-refractivity contribution in [2.24, 2.45) is 5.92 Å². The molecule has 1 amide bonds. The van der Waals surface area contributed by atoms with Crippen LogP contribution in [0.4, 0.5) is 4.39 Å². The van der Waals surface area contributed by atoms with Crippen molar-refractivity contribution in [1.82, 2.24) is 19.7 Å². The Kier molecular flexibility index (Phi) is 7.42. The van der Waals surface area contributed by atoms with Gasteiger partial charge >= 0.3 is 5.69 Å². The minimum absolute atomic E-state index is 0.0151. The van der Waals surface area contributed by atoms with Gasteiger partial charge in [-0.3, -0.25) is 9.36 Å². The summed E-state index contributed by atoms with van der Waals surface area (Å²) in [5, 5.41) is 7.25. The standard InChI is InChI=1S/C26H35FN4O5S/c1-17(18-7-3-2-4-8-18)36-23-16-22(31-26(33)30-12-6-5-9-24(30)29-31)21(27)15-20(23)25(32)28-19-10-13-37(34,35)14-11-19/h15-19H,2-14H2,1H3,(H,28,32)/t17-/m0/s1. The summed E-state index contributed by atoms with van der Waals surface area (Å²) in [5.41, 5.74) is -0.409. The third-order valence-corrected chi connectivity index (χ3v) is 9.72. The lowest BCUT2D eigenvalue weighted by atomic mass is 9.86. The maximum absolute atomic E-state index is 15.5. The van der Waals surface area contributed by atoms with Crippen LogP contribution in [0.1, 0.15) is 80.9 Å². The molecule has 0 bridgehead atoms. The zero-order valence-corrected chi connectivity index (χ0v) is 22.1. The molecule has 1 atom stereocenters. The number of hydrogen-bond donors (Lipinski definition) is 1. The Labute approximate surface area is 216 Å². The largest absolute Gasteiger partial charge is 0.490 e. The maximum atomic E-state index is 15.5. The molecule has 1 saturated heterocycles. The van der Waals surface area contributed by atoms with Crippen molar-refractivity contribution in [1.29, 1.82) is 0 Å². The molecule has 2 aromatic rings. The van der Waals surface area contributed by atoms with Gasteiger partial charge in [0.2, 0.25) is 0 Å². The molecule has 9 nitrogen and oxygen atoms in total. The summed E-state index contributed by atoms with van der Waals surface area (Å²) >= 11 is 0. The van der Waals surface area contributed by atoms with E-state index in [0.29, 0.717) is 37.5 Å². The average molecular weight is 535 g/mol. The van der Waals surface area contributed by atoms with Crippen molar-refractivity contribution < 1.29 is 22.3 Å². The van der Waals surface area contributed by atoms with E-state index in [0.717, 1.165) is 49.3 Å². The molecule has 0 unspecified atom stereocenters. The van der Waals surface area contributed by atoms with Gasteiger partial charge < -0.3 is 10.1 Å². The van der Waals surface area contributed by atoms with Gasteiger partial charge in [-0.1, -0.05) is 19.3 Å². The highest BCUT2D eigenvalue weighted by atomic mass is 32.2. The highest BCUT2D eigenvalue weighted by Crippen LogP contribution is 2.32. The van der Waals surface area contributed by atoms with E-state index in [1.165, 1.54) is 12.5 Å². The molecule has 5 rings (SSSR count). The second-order valence-corrected chi connectivity index (χ2v) is 12.9. The van der Waals surface area contributed by atoms with E-state index >= 15 is 4.39 Å². The topological polar surface area (TPSA) is 112 Å². The van der Waals surface area contributed by atoms with Gasteiger partial charge in [-0.05, 0) is 57.4 Å². The number of hydrogen-bond acceptors (Lipinski definition) is 6. The van der Waals surface area contributed by atoms with E-state index in [9.17, 15) is 18.0 Å². The molecule has 3 heterocycles. The van der Waals surface area contributed by atoms with Crippen LogP contribution in [0, 0.1) is 11.7 Å². The summed E-state index contributed by atoms with van der Waals surface area (Å²) in [5.74, 6) is -0.0771. The van der Waals surface area contributed by atoms with Crippen molar-refractivity contribution in [3.8, 4) is 11.4 Å². The van der Waals surface area contributed by atoms with Crippen molar-refractivity contribution in [2.45, 2.75) is 89.8 Å². The molecular weight excluding hydrogens is 499 g/mol. The van der Waals surface area contributed by atoms with Gasteiger partial charge in [0.1, 0.15) is 32.9 Å². The van der Waals surface area contributed by atoms with Crippen molar-refractivity contribution in [3.05, 3.63) is 39.8 Å². The first kappa shape index (κ1) is 25.9. The summed E-state index contributed by atoms with van der Waals surface area (Å²) < 4.78 is 48.0. The number of amides is 1. The molecule has 1 saturated carbocycles. The fourth-order valence-corrected chi connectivity index (χ4v) is 7.23. The van der Waals surface area contributed by atoms with Crippen molar-refractivity contribution in [2.75, 3.05) is 11.5 Å². The Balaban J connectivity index is 1.47. The summed E-state index contributed by atoms with van der Waals surface area (Å²) in [4.78, 5) is 26.3. The lowest BCUT2D eigenvalue weighted by molar-refractivity contribution is 0.0913. The Morgan fingerprint density at radius 2 is 1.84 bits per heavy atom. The number of benzene rings is 1. The molecule has 2 fully saturated rings. The highest BCUT2D eigenvalue weighted by Gasteiger charge is 2.29. The lowest BCUT2D eigenvalue weighted by Crippen LogP contribution is -2.41. The molecule has 11 heteroatoms. The highest BCUT2D eigenvalue weighted by molar-refractivity contribution is 7.91. The fraction of sp³-hybridized carbons (Fsp3) is 0.654. The van der Waals surface area contributed by atoms with Crippen LogP contribution in [-0.2, 0) is 22.8 Å². The average Bonchev–Trinajstić information content (AvgIpc) is 3.22.